The molecule has 2 aromatic heterocycles. The van der Waals surface area contributed by atoms with Crippen molar-refractivity contribution in [1.82, 2.24) is 14.5 Å². The van der Waals surface area contributed by atoms with Crippen molar-refractivity contribution >= 4 is 39.1 Å². The summed E-state index contributed by atoms with van der Waals surface area (Å²) in [4.78, 5) is 37.9. The minimum Gasteiger partial charge on any atom is -0.383 e. The lowest BCUT2D eigenvalue weighted by atomic mass is 10.3. The smallest absolute Gasteiger partial charge is 0.336 e. The summed E-state index contributed by atoms with van der Waals surface area (Å²) in [6, 6.07) is 8.05. The second kappa shape index (κ2) is 7.86. The molecule has 136 valence electrons. The van der Waals surface area contributed by atoms with Crippen LogP contribution in [-0.4, -0.2) is 35.3 Å². The number of nitrogens with zero attached hydrogens (tertiary/aromatic N) is 2. The SMILES string of the molecule is COCCNC(=O)Cn1c(=O)n(-c2ccc(Cl)cc2)c(=O)c2sccc21. The highest BCUT2D eigenvalue weighted by Gasteiger charge is 2.17. The number of fused-ring (bicyclic) bond motifs is 1. The Morgan fingerprint density at radius 3 is 2.65 bits per heavy atom. The molecule has 2 heterocycles. The van der Waals surface area contributed by atoms with Crippen molar-refractivity contribution < 1.29 is 9.53 Å². The molecule has 1 amide bonds. The van der Waals surface area contributed by atoms with E-state index in [1.54, 1.807) is 35.7 Å². The third-order valence-electron chi connectivity index (χ3n) is 3.77. The number of methoxy groups -OCH3 is 1. The molecule has 0 aliphatic carbocycles. The molecule has 9 heteroatoms. The van der Waals surface area contributed by atoms with Crippen LogP contribution in [0.2, 0.25) is 5.02 Å². The molecule has 3 rings (SSSR count). The van der Waals surface area contributed by atoms with Gasteiger partial charge in [0.15, 0.2) is 0 Å². The van der Waals surface area contributed by atoms with Crippen LogP contribution in [0.15, 0.2) is 45.3 Å². The van der Waals surface area contributed by atoms with Crippen LogP contribution in [0.1, 0.15) is 0 Å². The van der Waals surface area contributed by atoms with E-state index in [9.17, 15) is 14.4 Å². The third kappa shape index (κ3) is 3.57. The highest BCUT2D eigenvalue weighted by molar-refractivity contribution is 7.17. The fraction of sp³-hybridized carbons (Fsp3) is 0.235. The summed E-state index contributed by atoms with van der Waals surface area (Å²) in [5, 5.41) is 4.89. The number of hydrogen-bond donors (Lipinski definition) is 1. The Labute approximate surface area is 157 Å². The van der Waals surface area contributed by atoms with Crippen LogP contribution in [0, 0.1) is 0 Å². The van der Waals surface area contributed by atoms with Crippen molar-refractivity contribution in [3.8, 4) is 5.69 Å². The average molecular weight is 394 g/mol. The van der Waals surface area contributed by atoms with E-state index in [2.05, 4.69) is 5.32 Å². The largest absolute Gasteiger partial charge is 0.383 e. The van der Waals surface area contributed by atoms with Gasteiger partial charge in [-0.1, -0.05) is 11.6 Å². The molecule has 0 unspecified atom stereocenters. The number of carbonyl (C=O) groups excluding carboxylic acids is 1. The van der Waals surface area contributed by atoms with E-state index in [1.165, 1.54) is 23.0 Å². The molecule has 0 radical (unpaired) electrons. The van der Waals surface area contributed by atoms with E-state index in [-0.39, 0.29) is 12.5 Å². The summed E-state index contributed by atoms with van der Waals surface area (Å²) in [5.41, 5.74) is -0.158. The van der Waals surface area contributed by atoms with Crippen LogP contribution in [0.3, 0.4) is 0 Å². The van der Waals surface area contributed by atoms with Crippen LogP contribution in [0.5, 0.6) is 0 Å². The maximum atomic E-state index is 12.9. The van der Waals surface area contributed by atoms with Gasteiger partial charge in [-0.15, -0.1) is 11.3 Å². The lowest BCUT2D eigenvalue weighted by Crippen LogP contribution is -2.41. The third-order valence-corrected chi connectivity index (χ3v) is 4.91. The van der Waals surface area contributed by atoms with Crippen molar-refractivity contribution in [1.29, 1.82) is 0 Å². The van der Waals surface area contributed by atoms with Crippen LogP contribution < -0.4 is 16.6 Å². The van der Waals surface area contributed by atoms with Gasteiger partial charge in [-0.25, -0.2) is 9.36 Å². The van der Waals surface area contributed by atoms with Gasteiger partial charge in [-0.05, 0) is 35.7 Å². The van der Waals surface area contributed by atoms with Gasteiger partial charge in [0, 0.05) is 18.7 Å². The highest BCUT2D eigenvalue weighted by atomic mass is 35.5. The van der Waals surface area contributed by atoms with Crippen LogP contribution in [0.25, 0.3) is 15.9 Å². The standard InChI is InChI=1S/C17H16ClN3O4S/c1-25-8-7-19-14(22)10-20-13-6-9-26-15(13)16(23)21(17(20)24)12-4-2-11(18)3-5-12/h2-6,9H,7-8,10H2,1H3,(H,19,22). The van der Waals surface area contributed by atoms with E-state index in [1.807, 2.05) is 0 Å². The molecule has 3 aromatic rings. The number of carbonyl (C=O) groups is 1. The molecule has 0 bridgehead atoms. The monoisotopic (exact) mass is 393 g/mol. The first-order valence-electron chi connectivity index (χ1n) is 7.77. The van der Waals surface area contributed by atoms with E-state index in [4.69, 9.17) is 16.3 Å². The summed E-state index contributed by atoms with van der Waals surface area (Å²) < 4.78 is 7.64. The molecular weight excluding hydrogens is 378 g/mol. The zero-order valence-electron chi connectivity index (χ0n) is 13.9. The Morgan fingerprint density at radius 1 is 1.23 bits per heavy atom. The van der Waals surface area contributed by atoms with Gasteiger partial charge >= 0.3 is 5.69 Å². The minimum atomic E-state index is -0.579. The van der Waals surface area contributed by atoms with Crippen molar-refractivity contribution in [2.24, 2.45) is 0 Å². The van der Waals surface area contributed by atoms with Crippen LogP contribution in [-0.2, 0) is 16.1 Å². The molecule has 0 aliphatic rings. The van der Waals surface area contributed by atoms with Gasteiger partial charge in [0.05, 0.1) is 17.8 Å². The molecule has 26 heavy (non-hydrogen) atoms. The van der Waals surface area contributed by atoms with Crippen molar-refractivity contribution in [2.75, 3.05) is 20.3 Å². The average Bonchev–Trinajstić information content (AvgIpc) is 3.10. The van der Waals surface area contributed by atoms with Gasteiger partial charge in [0.2, 0.25) is 5.91 Å². The van der Waals surface area contributed by atoms with Crippen LogP contribution in [0.4, 0.5) is 0 Å². The van der Waals surface area contributed by atoms with Crippen LogP contribution >= 0.6 is 22.9 Å². The lowest BCUT2D eigenvalue weighted by Gasteiger charge is -2.12. The summed E-state index contributed by atoms with van der Waals surface area (Å²) in [6.07, 6.45) is 0. The number of aromatic nitrogens is 2. The summed E-state index contributed by atoms with van der Waals surface area (Å²) in [5.74, 6) is -0.335. The predicted molar refractivity (Wildman–Crippen MR) is 102 cm³/mol. The molecule has 1 N–H and O–H groups in total. The number of hydrogen-bond acceptors (Lipinski definition) is 5. The molecule has 0 aliphatic heterocycles. The minimum absolute atomic E-state index is 0.191. The second-order valence-electron chi connectivity index (χ2n) is 5.46. The topological polar surface area (TPSA) is 82.3 Å². The first-order valence-corrected chi connectivity index (χ1v) is 9.03. The van der Waals surface area contributed by atoms with Gasteiger partial charge in [0.1, 0.15) is 11.2 Å². The van der Waals surface area contributed by atoms with Crippen molar-refractivity contribution in [3.63, 3.8) is 0 Å². The fourth-order valence-electron chi connectivity index (χ4n) is 2.55. The summed E-state index contributed by atoms with van der Waals surface area (Å²) >= 11 is 7.11. The number of thiophene rings is 1. The first-order chi connectivity index (χ1) is 12.5. The first kappa shape index (κ1) is 18.4. The Balaban J connectivity index is 2.10. The van der Waals surface area contributed by atoms with E-state index < -0.39 is 11.2 Å². The number of ether oxygens (including phenoxy) is 1. The zero-order valence-corrected chi connectivity index (χ0v) is 15.5. The van der Waals surface area contributed by atoms with Gasteiger partial charge in [-0.3, -0.25) is 14.2 Å². The number of nitrogens with one attached hydrogen (secondary N) is 1. The zero-order chi connectivity index (χ0) is 18.7. The fourth-order valence-corrected chi connectivity index (χ4v) is 3.50. The highest BCUT2D eigenvalue weighted by Crippen LogP contribution is 2.17. The number of benzene rings is 1. The molecule has 1 aromatic carbocycles. The van der Waals surface area contributed by atoms with Crippen molar-refractivity contribution in [3.05, 3.63) is 61.6 Å². The maximum Gasteiger partial charge on any atom is 0.336 e. The number of rotatable bonds is 6. The van der Waals surface area contributed by atoms with E-state index in [0.29, 0.717) is 34.1 Å². The lowest BCUT2D eigenvalue weighted by molar-refractivity contribution is -0.121. The quantitative estimate of drug-likeness (QED) is 0.645. The van der Waals surface area contributed by atoms with Crippen molar-refractivity contribution in [2.45, 2.75) is 6.54 Å². The van der Waals surface area contributed by atoms with Gasteiger partial charge in [-0.2, -0.15) is 0 Å². The van der Waals surface area contributed by atoms with Gasteiger partial charge < -0.3 is 10.1 Å². The molecule has 7 nitrogen and oxygen atoms in total. The second-order valence-corrected chi connectivity index (χ2v) is 6.82. The Kier molecular flexibility index (Phi) is 5.55. The molecule has 0 fully saturated rings. The Bertz CT molecular complexity index is 1050. The van der Waals surface area contributed by atoms with E-state index >= 15 is 0 Å². The molecule has 0 saturated carbocycles. The summed E-state index contributed by atoms with van der Waals surface area (Å²) in [6.45, 7) is 0.524. The summed E-state index contributed by atoms with van der Waals surface area (Å²) in [7, 11) is 1.54. The Morgan fingerprint density at radius 2 is 1.96 bits per heavy atom. The molecule has 0 atom stereocenters. The Hall–Kier alpha value is -2.42. The molecule has 0 saturated heterocycles. The predicted octanol–water partition coefficient (Wildman–Crippen LogP) is 1.63. The van der Waals surface area contributed by atoms with E-state index in [0.717, 1.165) is 4.57 Å². The number of halogens is 1. The maximum absolute atomic E-state index is 12.9. The van der Waals surface area contributed by atoms with Gasteiger partial charge in [0.25, 0.3) is 5.56 Å². The number of amides is 1. The molecular formula is C17H16ClN3O4S. The normalized spacial score (nSPS) is 11.0. The molecule has 0 spiro atoms.